The number of nitrogens with two attached hydrogens (primary N) is 1. The van der Waals surface area contributed by atoms with Crippen molar-refractivity contribution in [2.75, 3.05) is 12.0 Å². The Kier molecular flexibility index (Phi) is 4.46. The second kappa shape index (κ2) is 6.00. The predicted molar refractivity (Wildman–Crippen MR) is 85.4 cm³/mol. The van der Waals surface area contributed by atoms with E-state index in [0.717, 1.165) is 22.9 Å². The van der Waals surface area contributed by atoms with E-state index in [9.17, 15) is 8.42 Å². The molecule has 0 spiro atoms. The summed E-state index contributed by atoms with van der Waals surface area (Å²) in [5.41, 5.74) is 8.58. The zero-order valence-corrected chi connectivity index (χ0v) is 14.0. The summed E-state index contributed by atoms with van der Waals surface area (Å²) in [5, 5.41) is 0.0681. The third-order valence-electron chi connectivity index (χ3n) is 3.40. The van der Waals surface area contributed by atoms with E-state index < -0.39 is 9.84 Å². The molecule has 0 aliphatic rings. The van der Waals surface area contributed by atoms with Crippen LogP contribution in [0.5, 0.6) is 0 Å². The first-order valence-corrected chi connectivity index (χ1v) is 8.84. The molecule has 2 aromatic heterocycles. The number of rotatable bonds is 4. The zero-order valence-electron chi connectivity index (χ0n) is 13.2. The van der Waals surface area contributed by atoms with Crippen LogP contribution in [0.3, 0.4) is 0 Å². The number of anilines is 1. The maximum atomic E-state index is 11.7. The summed E-state index contributed by atoms with van der Waals surface area (Å²) in [6.07, 6.45) is 4.94. The molecule has 0 saturated heterocycles. The van der Waals surface area contributed by atoms with Gasteiger partial charge in [-0.05, 0) is 30.0 Å². The van der Waals surface area contributed by atoms with Crippen LogP contribution in [0.2, 0.25) is 0 Å². The Bertz CT molecular complexity index is 801. The van der Waals surface area contributed by atoms with Gasteiger partial charge < -0.3 is 5.73 Å². The molecule has 0 fully saturated rings. The summed E-state index contributed by atoms with van der Waals surface area (Å²) < 4.78 is 23.4. The first kappa shape index (κ1) is 16.4. The van der Waals surface area contributed by atoms with Gasteiger partial charge >= 0.3 is 0 Å². The molecule has 2 rings (SSSR count). The van der Waals surface area contributed by atoms with Gasteiger partial charge in [0.25, 0.3) is 0 Å². The van der Waals surface area contributed by atoms with Crippen LogP contribution in [0.15, 0.2) is 23.5 Å². The van der Waals surface area contributed by atoms with Crippen molar-refractivity contribution in [1.82, 2.24) is 15.0 Å². The summed E-state index contributed by atoms with van der Waals surface area (Å²) in [6, 6.07) is 1.62. The smallest absolute Gasteiger partial charge is 0.192 e. The molecule has 6 nitrogen and oxygen atoms in total. The molecule has 0 saturated carbocycles. The lowest BCUT2D eigenvalue weighted by atomic mass is 9.95. The Balaban J connectivity index is 2.51. The standard InChI is InChI=1S/C15H20N4O2S/c1-9(2)13-8-18-14(22(4,20)21)6-11(13)5-12-7-17-10(3)19-15(12)16/h6-9H,5H2,1-4H3,(H2,16,17,19). The fourth-order valence-corrected chi connectivity index (χ4v) is 2.82. The molecule has 22 heavy (non-hydrogen) atoms. The Morgan fingerprint density at radius 2 is 1.86 bits per heavy atom. The van der Waals surface area contributed by atoms with Gasteiger partial charge in [-0.1, -0.05) is 13.8 Å². The van der Waals surface area contributed by atoms with E-state index in [2.05, 4.69) is 15.0 Å². The first-order chi connectivity index (χ1) is 10.2. The molecule has 0 bridgehead atoms. The summed E-state index contributed by atoms with van der Waals surface area (Å²) in [5.74, 6) is 1.25. The number of sulfone groups is 1. The SMILES string of the molecule is Cc1ncc(Cc2cc(S(C)(=O)=O)ncc2C(C)C)c(N)n1. The van der Waals surface area contributed by atoms with Crippen LogP contribution in [0.4, 0.5) is 5.82 Å². The highest BCUT2D eigenvalue weighted by Crippen LogP contribution is 2.24. The van der Waals surface area contributed by atoms with E-state index in [4.69, 9.17) is 5.73 Å². The minimum absolute atomic E-state index is 0.0681. The van der Waals surface area contributed by atoms with Gasteiger partial charge in [0.15, 0.2) is 14.9 Å². The van der Waals surface area contributed by atoms with E-state index in [0.29, 0.717) is 18.1 Å². The molecule has 2 aromatic rings. The summed E-state index contributed by atoms with van der Waals surface area (Å²) in [4.78, 5) is 12.4. The fourth-order valence-electron chi connectivity index (χ4n) is 2.22. The van der Waals surface area contributed by atoms with Gasteiger partial charge in [-0.3, -0.25) is 0 Å². The lowest BCUT2D eigenvalue weighted by Crippen LogP contribution is -2.08. The molecule has 118 valence electrons. The molecule has 0 aliphatic heterocycles. The molecular weight excluding hydrogens is 300 g/mol. The van der Waals surface area contributed by atoms with Crippen molar-refractivity contribution >= 4 is 15.7 Å². The van der Waals surface area contributed by atoms with Crippen LogP contribution in [-0.4, -0.2) is 29.6 Å². The number of aryl methyl sites for hydroxylation is 1. The van der Waals surface area contributed by atoms with Gasteiger partial charge in [0, 0.05) is 30.6 Å². The lowest BCUT2D eigenvalue weighted by Gasteiger charge is -2.14. The minimum atomic E-state index is -3.35. The van der Waals surface area contributed by atoms with E-state index in [1.54, 1.807) is 25.4 Å². The summed E-state index contributed by atoms with van der Waals surface area (Å²) >= 11 is 0. The van der Waals surface area contributed by atoms with E-state index in [-0.39, 0.29) is 10.9 Å². The van der Waals surface area contributed by atoms with Gasteiger partial charge in [-0.25, -0.2) is 23.4 Å². The highest BCUT2D eigenvalue weighted by atomic mass is 32.2. The van der Waals surface area contributed by atoms with Gasteiger partial charge in [-0.15, -0.1) is 0 Å². The summed E-state index contributed by atoms with van der Waals surface area (Å²) in [6.45, 7) is 5.85. The molecule has 0 unspecified atom stereocenters. The Morgan fingerprint density at radius 1 is 1.18 bits per heavy atom. The Morgan fingerprint density at radius 3 is 2.41 bits per heavy atom. The van der Waals surface area contributed by atoms with Gasteiger partial charge in [-0.2, -0.15) is 0 Å². The first-order valence-electron chi connectivity index (χ1n) is 6.95. The van der Waals surface area contributed by atoms with Crippen LogP contribution >= 0.6 is 0 Å². The highest BCUT2D eigenvalue weighted by molar-refractivity contribution is 7.90. The molecule has 0 radical (unpaired) electrons. The van der Waals surface area contributed by atoms with Crippen molar-refractivity contribution in [2.45, 2.75) is 38.1 Å². The second-order valence-electron chi connectivity index (χ2n) is 5.65. The van der Waals surface area contributed by atoms with Crippen molar-refractivity contribution in [3.63, 3.8) is 0 Å². The minimum Gasteiger partial charge on any atom is -0.383 e. The maximum Gasteiger partial charge on any atom is 0.192 e. The third kappa shape index (κ3) is 3.59. The van der Waals surface area contributed by atoms with Crippen molar-refractivity contribution in [3.05, 3.63) is 41.0 Å². The number of hydrogen-bond donors (Lipinski definition) is 1. The maximum absolute atomic E-state index is 11.7. The van der Waals surface area contributed by atoms with Crippen molar-refractivity contribution < 1.29 is 8.42 Å². The average molecular weight is 320 g/mol. The van der Waals surface area contributed by atoms with Crippen LogP contribution in [-0.2, 0) is 16.3 Å². The van der Waals surface area contributed by atoms with E-state index in [1.807, 2.05) is 13.8 Å². The Labute approximate surface area is 130 Å². The number of pyridine rings is 1. The molecule has 0 aliphatic carbocycles. The third-order valence-corrected chi connectivity index (χ3v) is 4.38. The monoisotopic (exact) mass is 320 g/mol. The van der Waals surface area contributed by atoms with Crippen LogP contribution in [0, 0.1) is 6.92 Å². The van der Waals surface area contributed by atoms with Gasteiger partial charge in [0.2, 0.25) is 0 Å². The highest BCUT2D eigenvalue weighted by Gasteiger charge is 2.16. The fraction of sp³-hybridized carbons (Fsp3) is 0.400. The quantitative estimate of drug-likeness (QED) is 0.923. The van der Waals surface area contributed by atoms with Crippen LogP contribution in [0.25, 0.3) is 0 Å². The number of hydrogen-bond acceptors (Lipinski definition) is 6. The molecule has 2 N–H and O–H groups in total. The molecular formula is C15H20N4O2S. The zero-order chi connectivity index (χ0) is 16.5. The average Bonchev–Trinajstić information content (AvgIpc) is 2.40. The lowest BCUT2D eigenvalue weighted by molar-refractivity contribution is 0.597. The molecule has 0 aromatic carbocycles. The van der Waals surface area contributed by atoms with E-state index >= 15 is 0 Å². The number of aromatic nitrogens is 3. The van der Waals surface area contributed by atoms with Crippen LogP contribution < -0.4 is 5.73 Å². The number of nitrogens with zero attached hydrogens (tertiary/aromatic N) is 3. The molecule has 2 heterocycles. The predicted octanol–water partition coefficient (Wildman–Crippen LogP) is 1.88. The van der Waals surface area contributed by atoms with Gasteiger partial charge in [0.1, 0.15) is 11.6 Å². The molecule has 0 atom stereocenters. The van der Waals surface area contributed by atoms with Crippen molar-refractivity contribution in [2.24, 2.45) is 0 Å². The number of nitrogen functional groups attached to an aromatic ring is 1. The van der Waals surface area contributed by atoms with Crippen LogP contribution in [0.1, 0.15) is 42.3 Å². The second-order valence-corrected chi connectivity index (χ2v) is 7.62. The van der Waals surface area contributed by atoms with Crippen molar-refractivity contribution in [3.8, 4) is 0 Å². The van der Waals surface area contributed by atoms with Crippen molar-refractivity contribution in [1.29, 1.82) is 0 Å². The largest absolute Gasteiger partial charge is 0.383 e. The summed E-state index contributed by atoms with van der Waals surface area (Å²) in [7, 11) is -3.35. The Hall–Kier alpha value is -2.02. The molecule has 0 amide bonds. The van der Waals surface area contributed by atoms with Gasteiger partial charge in [0.05, 0.1) is 0 Å². The topological polar surface area (TPSA) is 98.8 Å². The normalized spacial score (nSPS) is 11.9. The van der Waals surface area contributed by atoms with E-state index in [1.165, 1.54) is 0 Å². The molecule has 7 heteroatoms.